The highest BCUT2D eigenvalue weighted by Crippen LogP contribution is 2.23. The molecule has 3 rings (SSSR count). The van der Waals surface area contributed by atoms with Gasteiger partial charge < -0.3 is 5.32 Å². The molecule has 2 heterocycles. The summed E-state index contributed by atoms with van der Waals surface area (Å²) in [5.41, 5.74) is 7.02. The predicted octanol–water partition coefficient (Wildman–Crippen LogP) is 3.52. The SMILES string of the molecule is Cc1cc(C)c(NC(=O)c2cnn3c(C)cc(C)nc23)c(C)c1. The summed E-state index contributed by atoms with van der Waals surface area (Å²) in [6, 6.07) is 6.06. The van der Waals surface area contributed by atoms with Crippen molar-refractivity contribution in [2.24, 2.45) is 0 Å². The van der Waals surface area contributed by atoms with Crippen LogP contribution in [0.1, 0.15) is 38.4 Å². The molecule has 1 amide bonds. The summed E-state index contributed by atoms with van der Waals surface area (Å²) >= 11 is 0. The molecule has 1 aromatic carbocycles. The third kappa shape index (κ3) is 2.70. The molecule has 0 bridgehead atoms. The normalized spacial score (nSPS) is 11.0. The van der Waals surface area contributed by atoms with Crippen LogP contribution in [0.2, 0.25) is 0 Å². The van der Waals surface area contributed by atoms with Gasteiger partial charge in [0.25, 0.3) is 5.91 Å². The van der Waals surface area contributed by atoms with E-state index in [-0.39, 0.29) is 5.91 Å². The van der Waals surface area contributed by atoms with E-state index in [2.05, 4.69) is 27.5 Å². The molecule has 0 aliphatic carbocycles. The highest BCUT2D eigenvalue weighted by molar-refractivity contribution is 6.08. The van der Waals surface area contributed by atoms with E-state index in [0.29, 0.717) is 11.2 Å². The van der Waals surface area contributed by atoms with E-state index in [0.717, 1.165) is 28.2 Å². The average molecular weight is 308 g/mol. The lowest BCUT2D eigenvalue weighted by Gasteiger charge is -2.12. The molecule has 0 aliphatic rings. The molecule has 5 heteroatoms. The first-order valence-corrected chi connectivity index (χ1v) is 7.58. The Labute approximate surface area is 135 Å². The summed E-state index contributed by atoms with van der Waals surface area (Å²) in [6.07, 6.45) is 1.57. The number of anilines is 1. The Morgan fingerprint density at radius 1 is 1.04 bits per heavy atom. The number of hydrogen-bond donors (Lipinski definition) is 1. The zero-order valence-electron chi connectivity index (χ0n) is 14.1. The molecule has 3 aromatic rings. The third-order valence-electron chi connectivity index (χ3n) is 3.94. The number of amides is 1. The van der Waals surface area contributed by atoms with E-state index in [1.54, 1.807) is 10.7 Å². The minimum absolute atomic E-state index is 0.187. The van der Waals surface area contributed by atoms with Gasteiger partial charge >= 0.3 is 0 Å². The molecule has 118 valence electrons. The molecule has 0 fully saturated rings. The minimum Gasteiger partial charge on any atom is -0.321 e. The lowest BCUT2D eigenvalue weighted by Crippen LogP contribution is -2.14. The number of fused-ring (bicyclic) bond motifs is 1. The third-order valence-corrected chi connectivity index (χ3v) is 3.94. The number of nitrogens with zero attached hydrogens (tertiary/aromatic N) is 3. The number of aromatic nitrogens is 3. The van der Waals surface area contributed by atoms with Gasteiger partial charge in [0.15, 0.2) is 5.65 Å². The molecule has 0 radical (unpaired) electrons. The van der Waals surface area contributed by atoms with Gasteiger partial charge in [0.1, 0.15) is 5.56 Å². The Hall–Kier alpha value is -2.69. The van der Waals surface area contributed by atoms with Crippen LogP contribution in [0.4, 0.5) is 5.69 Å². The first-order chi connectivity index (χ1) is 10.9. The van der Waals surface area contributed by atoms with Gasteiger partial charge in [0, 0.05) is 17.1 Å². The van der Waals surface area contributed by atoms with Gasteiger partial charge in [-0.1, -0.05) is 17.7 Å². The van der Waals surface area contributed by atoms with Gasteiger partial charge in [-0.25, -0.2) is 9.50 Å². The Kier molecular flexibility index (Phi) is 3.64. The number of nitrogens with one attached hydrogen (secondary N) is 1. The zero-order valence-corrected chi connectivity index (χ0v) is 14.1. The topological polar surface area (TPSA) is 59.3 Å². The average Bonchev–Trinajstić information content (AvgIpc) is 2.86. The second-order valence-corrected chi connectivity index (χ2v) is 6.06. The summed E-state index contributed by atoms with van der Waals surface area (Å²) in [4.78, 5) is 17.2. The van der Waals surface area contributed by atoms with Gasteiger partial charge in [0.05, 0.1) is 6.20 Å². The van der Waals surface area contributed by atoms with Crippen molar-refractivity contribution in [3.8, 4) is 0 Å². The van der Waals surface area contributed by atoms with Crippen molar-refractivity contribution < 1.29 is 4.79 Å². The van der Waals surface area contributed by atoms with E-state index < -0.39 is 0 Å². The molecule has 0 spiro atoms. The van der Waals surface area contributed by atoms with Crippen molar-refractivity contribution in [2.45, 2.75) is 34.6 Å². The van der Waals surface area contributed by atoms with Crippen molar-refractivity contribution in [2.75, 3.05) is 5.32 Å². The number of hydrogen-bond acceptors (Lipinski definition) is 3. The van der Waals surface area contributed by atoms with E-state index in [1.165, 1.54) is 5.56 Å². The molecule has 2 aromatic heterocycles. The lowest BCUT2D eigenvalue weighted by molar-refractivity contribution is 0.102. The van der Waals surface area contributed by atoms with Gasteiger partial charge in [0.2, 0.25) is 0 Å². The van der Waals surface area contributed by atoms with Crippen LogP contribution in [-0.4, -0.2) is 20.5 Å². The van der Waals surface area contributed by atoms with Gasteiger partial charge in [-0.3, -0.25) is 4.79 Å². The molecule has 0 unspecified atom stereocenters. The zero-order chi connectivity index (χ0) is 16.7. The van der Waals surface area contributed by atoms with Crippen LogP contribution in [-0.2, 0) is 0 Å². The van der Waals surface area contributed by atoms with E-state index in [4.69, 9.17) is 0 Å². The number of carbonyl (C=O) groups is 1. The number of aryl methyl sites for hydroxylation is 5. The quantitative estimate of drug-likeness (QED) is 0.788. The molecule has 0 atom stereocenters. The minimum atomic E-state index is -0.187. The Balaban J connectivity index is 2.02. The number of rotatable bonds is 2. The van der Waals surface area contributed by atoms with Crippen LogP contribution in [0.5, 0.6) is 0 Å². The first kappa shape index (κ1) is 15.2. The molecular formula is C18H20N4O. The molecular weight excluding hydrogens is 288 g/mol. The van der Waals surface area contributed by atoms with Gasteiger partial charge in [-0.05, 0) is 51.8 Å². The highest BCUT2D eigenvalue weighted by atomic mass is 16.1. The first-order valence-electron chi connectivity index (χ1n) is 7.58. The molecule has 0 aliphatic heterocycles. The summed E-state index contributed by atoms with van der Waals surface area (Å²) in [5, 5.41) is 7.28. The van der Waals surface area contributed by atoms with Crippen molar-refractivity contribution in [3.63, 3.8) is 0 Å². The molecule has 0 saturated heterocycles. The van der Waals surface area contributed by atoms with Crippen molar-refractivity contribution in [1.29, 1.82) is 0 Å². The second kappa shape index (κ2) is 5.50. The van der Waals surface area contributed by atoms with Crippen molar-refractivity contribution in [3.05, 3.63) is 58.0 Å². The summed E-state index contributed by atoms with van der Waals surface area (Å²) in [5.74, 6) is -0.187. The number of benzene rings is 1. The highest BCUT2D eigenvalue weighted by Gasteiger charge is 2.17. The van der Waals surface area contributed by atoms with E-state index >= 15 is 0 Å². The summed E-state index contributed by atoms with van der Waals surface area (Å²) < 4.78 is 1.69. The fourth-order valence-electron chi connectivity index (χ4n) is 2.99. The molecule has 0 saturated carbocycles. The van der Waals surface area contributed by atoms with Crippen LogP contribution in [0.25, 0.3) is 5.65 Å². The predicted molar refractivity (Wildman–Crippen MR) is 91.1 cm³/mol. The van der Waals surface area contributed by atoms with E-state index in [9.17, 15) is 4.79 Å². The van der Waals surface area contributed by atoms with Gasteiger partial charge in [-0.15, -0.1) is 0 Å². The summed E-state index contributed by atoms with van der Waals surface area (Å²) in [7, 11) is 0. The Bertz CT molecular complexity index is 901. The molecule has 23 heavy (non-hydrogen) atoms. The molecule has 1 N–H and O–H groups in total. The maximum Gasteiger partial charge on any atom is 0.261 e. The van der Waals surface area contributed by atoms with E-state index in [1.807, 2.05) is 40.7 Å². The van der Waals surface area contributed by atoms with Gasteiger partial charge in [-0.2, -0.15) is 5.10 Å². The molecule has 5 nitrogen and oxygen atoms in total. The monoisotopic (exact) mass is 308 g/mol. The van der Waals surface area contributed by atoms with Crippen molar-refractivity contribution in [1.82, 2.24) is 14.6 Å². The van der Waals surface area contributed by atoms with Crippen LogP contribution in [0, 0.1) is 34.6 Å². The maximum atomic E-state index is 12.7. The fourth-order valence-corrected chi connectivity index (χ4v) is 2.99. The largest absolute Gasteiger partial charge is 0.321 e. The second-order valence-electron chi connectivity index (χ2n) is 6.06. The van der Waals surface area contributed by atoms with Crippen LogP contribution in [0.15, 0.2) is 24.4 Å². The fraction of sp³-hybridized carbons (Fsp3) is 0.278. The van der Waals surface area contributed by atoms with Crippen LogP contribution < -0.4 is 5.32 Å². The van der Waals surface area contributed by atoms with Crippen molar-refractivity contribution >= 4 is 17.2 Å². The number of carbonyl (C=O) groups excluding carboxylic acids is 1. The maximum absolute atomic E-state index is 12.7. The lowest BCUT2D eigenvalue weighted by atomic mass is 10.0. The Morgan fingerprint density at radius 2 is 1.70 bits per heavy atom. The smallest absolute Gasteiger partial charge is 0.261 e. The van der Waals surface area contributed by atoms with Crippen LogP contribution >= 0.6 is 0 Å². The summed E-state index contributed by atoms with van der Waals surface area (Å²) in [6.45, 7) is 9.91. The standard InChI is InChI=1S/C18H20N4O/c1-10-6-11(2)16(12(3)7-10)21-18(23)15-9-19-22-14(5)8-13(4)20-17(15)22/h6-9H,1-5H3,(H,21,23). The van der Waals surface area contributed by atoms with Crippen LogP contribution in [0.3, 0.4) is 0 Å². The Morgan fingerprint density at radius 3 is 2.35 bits per heavy atom.